The molecule has 472 valence electrons. The first-order valence-corrected chi connectivity index (χ1v) is 27.7. The Kier molecular flexibility index (Phi) is 19.3. The lowest BCUT2D eigenvalue weighted by molar-refractivity contribution is -0.221. The lowest BCUT2D eigenvalue weighted by Gasteiger charge is -2.47. The summed E-state index contributed by atoms with van der Waals surface area (Å²) in [6.45, 7) is -0.569. The molecule has 4 aromatic rings. The summed E-state index contributed by atoms with van der Waals surface area (Å²) in [7, 11) is 0. The number of nitrogens with zero attached hydrogens (tertiary/aromatic N) is 7. The number of aliphatic hydroxyl groups is 1. The summed E-state index contributed by atoms with van der Waals surface area (Å²) in [5, 5.41) is 22.5. The molecule has 0 radical (unpaired) electrons. The average Bonchev–Trinajstić information content (AvgIpc) is 1.85. The van der Waals surface area contributed by atoms with Crippen LogP contribution in [-0.2, 0) is 46.2 Å². The number of carbonyl (C=O) groups excluding carboxylic acids is 4. The molecule has 21 nitrogen and oxygen atoms in total. The van der Waals surface area contributed by atoms with Gasteiger partial charge in [0.25, 0.3) is 5.91 Å². The normalized spacial score (nSPS) is 20.0. The molecule has 2 aromatic carbocycles. The fourth-order valence-corrected chi connectivity index (χ4v) is 10.4. The van der Waals surface area contributed by atoms with Crippen LogP contribution in [0.4, 0.5) is 59.4 Å². The third kappa shape index (κ3) is 15.0. The van der Waals surface area contributed by atoms with Crippen LogP contribution in [0.2, 0.25) is 0 Å². The highest BCUT2D eigenvalue weighted by Crippen LogP contribution is 2.42. The molecule has 6 atom stereocenters. The van der Waals surface area contributed by atoms with E-state index in [0.29, 0.717) is 80.0 Å². The Bertz CT molecular complexity index is 3130. The molecule has 87 heavy (non-hydrogen) atoms. The highest BCUT2D eigenvalue weighted by molar-refractivity contribution is 5.87. The van der Waals surface area contributed by atoms with Gasteiger partial charge in [0, 0.05) is 73.5 Å². The van der Waals surface area contributed by atoms with Gasteiger partial charge in [-0.1, -0.05) is 24.0 Å². The first kappa shape index (κ1) is 64.1. The van der Waals surface area contributed by atoms with Gasteiger partial charge in [-0.2, -0.15) is 40.2 Å². The number of hydrazine groups is 1. The molecule has 0 aliphatic carbocycles. The number of fused-ring (bicyclic) bond motifs is 2. The molecule has 2 aromatic heterocycles. The molecule has 5 saturated heterocycles. The third-order valence-electron chi connectivity index (χ3n) is 16.0. The number of ether oxygens (including phenoxy) is 5. The van der Waals surface area contributed by atoms with Gasteiger partial charge in [0.15, 0.2) is 12.2 Å². The van der Waals surface area contributed by atoms with Crippen LogP contribution in [0.25, 0.3) is 11.3 Å². The van der Waals surface area contributed by atoms with Crippen molar-refractivity contribution in [3.8, 4) is 23.1 Å². The SMILES string of the molecule is CC(C)([C@H](NC(=O)OC1COC1)C(=O)N[C@@H](Cc1ccc(C#Cc2cnc(N3CC4CCC(C3)N4C3COC3)nc2)cc1)[C@@H](O)CN(Cc1c(F)cc(-c2ccn(C(F)F)n2)cc1F)NC(=O)[C@@H](NC(=O)OC1COC1)C(C)(C)C(F)(F)F)C(F)(F)F. The standard InChI is InChI=1S/C56H63F10N11O10/c1-53(2,55(61,62)63)45(70-51(81)86-37-26-84-27-37)47(79)69-43(15-31-8-5-30(6-9-31)7-10-32-18-67-50(68-19-32)74-20-34-11-12-35(21-74)77(34)36-24-83-25-36)44(78)23-75(22-39-40(57)16-33(17-41(39)58)42-13-14-76(72-42)49(59)60)73-48(80)46(54(3,4)56(64,65)66)71-52(82)87-38-28-85-29-38/h5-6,8-9,13-14,16-19,34-38,43-46,49,78H,11-12,15,20-29H2,1-4H3,(H,69,79)(H,70,81)(H,71,82)(H,73,80)/t34?,35?,43-,44-,45+,46+/m0/s1. The van der Waals surface area contributed by atoms with E-state index in [4.69, 9.17) is 23.7 Å². The van der Waals surface area contributed by atoms with E-state index in [1.807, 2.05) is 10.6 Å². The van der Waals surface area contributed by atoms with Crippen LogP contribution in [0.3, 0.4) is 0 Å². The van der Waals surface area contributed by atoms with Crippen molar-refractivity contribution in [1.82, 2.24) is 51.0 Å². The number of alkyl carbamates (subject to hydrolysis) is 2. The van der Waals surface area contributed by atoms with Gasteiger partial charge < -0.3 is 49.6 Å². The van der Waals surface area contributed by atoms with Crippen LogP contribution >= 0.6 is 0 Å². The number of nitrogens with one attached hydrogen (secondary N) is 4. The Balaban J connectivity index is 1.00. The van der Waals surface area contributed by atoms with Crippen molar-refractivity contribution in [3.63, 3.8) is 0 Å². The van der Waals surface area contributed by atoms with Crippen LogP contribution in [0.15, 0.2) is 61.1 Å². The van der Waals surface area contributed by atoms with E-state index in [2.05, 4.69) is 47.4 Å². The first-order valence-electron chi connectivity index (χ1n) is 27.7. The molecule has 9 rings (SSSR count). The van der Waals surface area contributed by atoms with E-state index >= 15 is 8.78 Å². The minimum absolute atomic E-state index is 0.0919. The number of aromatic nitrogens is 4. The smallest absolute Gasteiger partial charge is 0.408 e. The highest BCUT2D eigenvalue weighted by atomic mass is 19.4. The second-order valence-corrected chi connectivity index (χ2v) is 23.0. The molecular weight excluding hydrogens is 1180 g/mol. The Hall–Kier alpha value is -7.37. The quantitative estimate of drug-likeness (QED) is 0.0391. The number of piperazine rings is 1. The maximum Gasteiger partial charge on any atom is 0.408 e. The molecule has 5 N–H and O–H groups in total. The fraction of sp³-hybridized carbons (Fsp3) is 0.554. The number of hydrogen-bond donors (Lipinski definition) is 5. The van der Waals surface area contributed by atoms with E-state index in [1.165, 1.54) is 24.3 Å². The molecule has 2 bridgehead atoms. The Morgan fingerprint density at radius 3 is 1.71 bits per heavy atom. The summed E-state index contributed by atoms with van der Waals surface area (Å²) in [6, 6.07) is 2.62. The lowest BCUT2D eigenvalue weighted by Crippen LogP contribution is -2.64. The number of hydrogen-bond acceptors (Lipinski definition) is 16. The predicted molar refractivity (Wildman–Crippen MR) is 285 cm³/mol. The molecule has 5 fully saturated rings. The van der Waals surface area contributed by atoms with E-state index in [1.54, 1.807) is 12.4 Å². The molecule has 4 amide bonds. The first-order chi connectivity index (χ1) is 41.0. The topological polar surface area (TPSA) is 236 Å². The van der Waals surface area contributed by atoms with Crippen LogP contribution in [0, 0.1) is 34.3 Å². The molecule has 7 heterocycles. The Labute approximate surface area is 491 Å². The highest BCUT2D eigenvalue weighted by Gasteiger charge is 2.58. The lowest BCUT2D eigenvalue weighted by atomic mass is 9.82. The maximum atomic E-state index is 16.2. The number of benzene rings is 2. The Morgan fingerprint density at radius 1 is 0.724 bits per heavy atom. The van der Waals surface area contributed by atoms with Gasteiger partial charge in [0.2, 0.25) is 11.9 Å². The summed E-state index contributed by atoms with van der Waals surface area (Å²) in [6.07, 6.45) is -11.7. The summed E-state index contributed by atoms with van der Waals surface area (Å²) < 4.78 is 174. The molecule has 0 spiro atoms. The molecule has 5 aliphatic heterocycles. The number of rotatable bonds is 21. The zero-order chi connectivity index (χ0) is 62.8. The Morgan fingerprint density at radius 2 is 1.24 bits per heavy atom. The predicted octanol–water partition coefficient (Wildman–Crippen LogP) is 5.55. The van der Waals surface area contributed by atoms with Gasteiger partial charge in [0.1, 0.15) is 23.7 Å². The molecular formula is C56H63F10N11O10. The third-order valence-corrected chi connectivity index (χ3v) is 16.0. The monoisotopic (exact) mass is 1240 g/mol. The maximum absolute atomic E-state index is 16.2. The molecule has 2 unspecified atom stereocenters. The van der Waals surface area contributed by atoms with E-state index in [0.717, 1.165) is 51.4 Å². The summed E-state index contributed by atoms with van der Waals surface area (Å²) in [4.78, 5) is 68.6. The van der Waals surface area contributed by atoms with Crippen molar-refractivity contribution in [2.75, 3.05) is 64.2 Å². The summed E-state index contributed by atoms with van der Waals surface area (Å²) in [5.41, 5.74) is -4.64. The zero-order valence-corrected chi connectivity index (χ0v) is 47.3. The van der Waals surface area contributed by atoms with Crippen molar-refractivity contribution in [1.29, 1.82) is 0 Å². The number of halogens is 10. The van der Waals surface area contributed by atoms with Crippen molar-refractivity contribution in [2.24, 2.45) is 10.8 Å². The van der Waals surface area contributed by atoms with E-state index < -0.39 is 127 Å². The van der Waals surface area contributed by atoms with E-state index in [9.17, 15) is 59.4 Å². The largest absolute Gasteiger partial charge is 0.441 e. The van der Waals surface area contributed by atoms with E-state index in [-0.39, 0.29) is 47.9 Å². The van der Waals surface area contributed by atoms with Crippen molar-refractivity contribution >= 4 is 29.9 Å². The number of anilines is 1. The molecule has 0 saturated carbocycles. The number of alkyl halides is 8. The van der Waals surface area contributed by atoms with Crippen molar-refractivity contribution < 1.29 is 91.9 Å². The minimum atomic E-state index is -5.26. The van der Waals surface area contributed by atoms with Gasteiger partial charge in [-0.25, -0.2) is 38.0 Å². The van der Waals surface area contributed by atoms with Gasteiger partial charge >= 0.3 is 31.1 Å². The van der Waals surface area contributed by atoms with Gasteiger partial charge in [-0.05, 0) is 82.9 Å². The molecule has 31 heteroatoms. The van der Waals surface area contributed by atoms with Crippen LogP contribution in [0.5, 0.6) is 0 Å². The van der Waals surface area contributed by atoms with Gasteiger partial charge in [-0.15, -0.1) is 0 Å². The average molecular weight is 1240 g/mol. The zero-order valence-electron chi connectivity index (χ0n) is 47.3. The summed E-state index contributed by atoms with van der Waals surface area (Å²) in [5.74, 6) is 0.418. The second-order valence-electron chi connectivity index (χ2n) is 23.0. The van der Waals surface area contributed by atoms with Crippen molar-refractivity contribution in [2.45, 2.75) is 127 Å². The van der Waals surface area contributed by atoms with Crippen molar-refractivity contribution in [3.05, 3.63) is 94.9 Å². The number of carbonyl (C=O) groups is 4. The fourth-order valence-electron chi connectivity index (χ4n) is 10.4. The van der Waals surface area contributed by atoms with Crippen LogP contribution < -0.4 is 26.3 Å². The number of aliphatic hydroxyl groups excluding tert-OH is 1. The van der Waals surface area contributed by atoms with Crippen LogP contribution in [-0.4, -0.2) is 185 Å². The molecule has 5 aliphatic rings. The van der Waals surface area contributed by atoms with Gasteiger partial charge in [-0.3, -0.25) is 19.9 Å². The van der Waals surface area contributed by atoms with Gasteiger partial charge in [0.05, 0.1) is 79.9 Å². The van der Waals surface area contributed by atoms with Crippen LogP contribution in [0.1, 0.15) is 69.3 Å². The summed E-state index contributed by atoms with van der Waals surface area (Å²) >= 11 is 0. The minimum Gasteiger partial charge on any atom is -0.441 e. The second kappa shape index (κ2) is 26.1. The number of amides is 4.